The molecular formula is C50H37NO2. The highest BCUT2D eigenvalue weighted by atomic mass is 16.3. The van der Waals surface area contributed by atoms with E-state index in [1.807, 2.05) is 12.1 Å². The van der Waals surface area contributed by atoms with Crippen LogP contribution in [0.3, 0.4) is 0 Å². The third-order valence-corrected chi connectivity index (χ3v) is 11.3. The van der Waals surface area contributed by atoms with Gasteiger partial charge in [-0.15, -0.1) is 0 Å². The quantitative estimate of drug-likeness (QED) is 0.181. The Balaban J connectivity index is 1.04. The lowest BCUT2D eigenvalue weighted by Crippen LogP contribution is -2.23. The van der Waals surface area contributed by atoms with Gasteiger partial charge in [0.2, 0.25) is 0 Å². The van der Waals surface area contributed by atoms with Gasteiger partial charge in [0.25, 0.3) is 0 Å². The standard InChI is InChI=1S/C50H37NO2/c1-31-32(2)50(35-17-10-5-11-18-35)51-45(29-42(31)34-15-8-4-9-16-34)39-20-12-19-36(25-39)38-22-24-41-44-28-43-40-23-21-37(33-13-6-3-7-14-33)26-46(40)52-48(43)30-49(44)53-47(41)27-38/h3-32,42H,1-2H3. The maximum Gasteiger partial charge on any atom is 0.139 e. The largest absolute Gasteiger partial charge is 0.456 e. The highest BCUT2D eigenvalue weighted by molar-refractivity contribution is 6.15. The van der Waals surface area contributed by atoms with Gasteiger partial charge >= 0.3 is 0 Å². The third kappa shape index (κ3) is 5.48. The molecule has 1 aliphatic rings. The maximum atomic E-state index is 6.53. The van der Waals surface area contributed by atoms with Gasteiger partial charge < -0.3 is 8.83 Å². The summed E-state index contributed by atoms with van der Waals surface area (Å²) in [6.07, 6.45) is 2.38. The molecular weight excluding hydrogens is 647 g/mol. The fourth-order valence-electron chi connectivity index (χ4n) is 8.22. The lowest BCUT2D eigenvalue weighted by atomic mass is 9.77. The van der Waals surface area contributed by atoms with Crippen LogP contribution in [0.15, 0.2) is 184 Å². The first-order valence-corrected chi connectivity index (χ1v) is 18.5. The molecule has 1 aliphatic heterocycles. The molecule has 3 unspecified atom stereocenters. The van der Waals surface area contributed by atoms with E-state index in [1.54, 1.807) is 0 Å². The Morgan fingerprint density at radius 3 is 1.57 bits per heavy atom. The Labute approximate surface area is 308 Å². The van der Waals surface area contributed by atoms with Crippen LogP contribution in [-0.2, 0) is 0 Å². The van der Waals surface area contributed by atoms with Crippen molar-refractivity contribution >= 4 is 55.3 Å². The molecule has 0 amide bonds. The van der Waals surface area contributed by atoms with Crippen LogP contribution in [0.25, 0.3) is 71.8 Å². The van der Waals surface area contributed by atoms with Crippen LogP contribution < -0.4 is 0 Å². The second-order valence-electron chi connectivity index (χ2n) is 14.4. The molecule has 0 radical (unpaired) electrons. The van der Waals surface area contributed by atoms with E-state index in [2.05, 4.69) is 172 Å². The van der Waals surface area contributed by atoms with E-state index in [-0.39, 0.29) is 11.8 Å². The summed E-state index contributed by atoms with van der Waals surface area (Å²) in [5.41, 5.74) is 13.7. The van der Waals surface area contributed by atoms with Crippen molar-refractivity contribution in [3.05, 3.63) is 187 Å². The van der Waals surface area contributed by atoms with Gasteiger partial charge in [-0.05, 0) is 75.7 Å². The second kappa shape index (κ2) is 12.6. The van der Waals surface area contributed by atoms with Crippen LogP contribution in [0, 0.1) is 11.8 Å². The SMILES string of the molecule is CC1C(c2ccccc2)=NC(c2cccc(-c3ccc4c(c3)oc3cc5oc6cc(-c7ccccc7)ccc6c5cc34)c2)=CC(c2ccccc2)C1C. The average Bonchev–Trinajstić information content (AvgIpc) is 3.72. The van der Waals surface area contributed by atoms with Gasteiger partial charge in [0.1, 0.15) is 22.3 Å². The fraction of sp³-hybridized carbons (Fsp3) is 0.100. The zero-order valence-electron chi connectivity index (χ0n) is 29.7. The molecule has 3 heterocycles. The average molecular weight is 684 g/mol. The topological polar surface area (TPSA) is 38.6 Å². The number of allylic oxidation sites excluding steroid dienone is 1. The maximum absolute atomic E-state index is 6.53. The number of furan rings is 2. The first kappa shape index (κ1) is 31.3. The molecule has 53 heavy (non-hydrogen) atoms. The van der Waals surface area contributed by atoms with E-state index in [0.717, 1.165) is 77.5 Å². The molecule has 3 heteroatoms. The van der Waals surface area contributed by atoms with E-state index < -0.39 is 0 Å². The molecule has 0 fully saturated rings. The molecule has 9 aromatic rings. The normalized spacial score (nSPS) is 17.7. The van der Waals surface area contributed by atoms with Crippen LogP contribution in [0.2, 0.25) is 0 Å². The van der Waals surface area contributed by atoms with Gasteiger partial charge in [0.05, 0.1) is 11.4 Å². The minimum atomic E-state index is 0.227. The summed E-state index contributed by atoms with van der Waals surface area (Å²) in [7, 11) is 0. The number of benzene rings is 7. The zero-order chi connectivity index (χ0) is 35.5. The first-order valence-electron chi connectivity index (χ1n) is 18.5. The number of aliphatic imine (C=N–C) groups is 1. The minimum absolute atomic E-state index is 0.227. The van der Waals surface area contributed by atoms with E-state index in [1.165, 1.54) is 16.7 Å². The Kier molecular flexibility index (Phi) is 7.47. The smallest absolute Gasteiger partial charge is 0.139 e. The number of hydrogen-bond acceptors (Lipinski definition) is 3. The minimum Gasteiger partial charge on any atom is -0.456 e. The van der Waals surface area contributed by atoms with Gasteiger partial charge in [-0.25, -0.2) is 0 Å². The van der Waals surface area contributed by atoms with Crippen LogP contribution in [0.4, 0.5) is 0 Å². The van der Waals surface area contributed by atoms with Gasteiger partial charge in [-0.3, -0.25) is 4.99 Å². The molecule has 2 aromatic heterocycles. The Bertz CT molecular complexity index is 2860. The van der Waals surface area contributed by atoms with Crippen molar-refractivity contribution in [2.45, 2.75) is 19.8 Å². The summed E-state index contributed by atoms with van der Waals surface area (Å²) in [6, 6.07) is 58.0. The highest BCUT2D eigenvalue weighted by Gasteiger charge is 2.30. The van der Waals surface area contributed by atoms with Gasteiger partial charge in [-0.1, -0.05) is 141 Å². The monoisotopic (exact) mass is 683 g/mol. The van der Waals surface area contributed by atoms with Crippen molar-refractivity contribution in [1.82, 2.24) is 0 Å². The highest BCUT2D eigenvalue weighted by Crippen LogP contribution is 2.41. The summed E-state index contributed by atoms with van der Waals surface area (Å²) in [5, 5.41) is 4.38. The van der Waals surface area contributed by atoms with Crippen molar-refractivity contribution in [2.24, 2.45) is 16.8 Å². The lowest BCUT2D eigenvalue weighted by molar-refractivity contribution is 0.444. The van der Waals surface area contributed by atoms with Gasteiger partial charge in [0, 0.05) is 45.0 Å². The van der Waals surface area contributed by atoms with Crippen LogP contribution in [0.1, 0.15) is 36.5 Å². The van der Waals surface area contributed by atoms with E-state index in [9.17, 15) is 0 Å². The van der Waals surface area contributed by atoms with Gasteiger partial charge in [-0.2, -0.15) is 0 Å². The van der Waals surface area contributed by atoms with Crippen LogP contribution >= 0.6 is 0 Å². The molecule has 3 atom stereocenters. The third-order valence-electron chi connectivity index (χ3n) is 11.3. The van der Waals surface area contributed by atoms with E-state index in [0.29, 0.717) is 5.92 Å². The summed E-state index contributed by atoms with van der Waals surface area (Å²) in [6.45, 7) is 4.68. The molecule has 7 aromatic carbocycles. The Hall–Kier alpha value is -6.45. The number of hydrogen-bond donors (Lipinski definition) is 0. The van der Waals surface area contributed by atoms with Crippen LogP contribution in [-0.4, -0.2) is 5.71 Å². The fourth-order valence-corrected chi connectivity index (χ4v) is 8.22. The van der Waals surface area contributed by atoms with E-state index >= 15 is 0 Å². The molecule has 254 valence electrons. The number of rotatable bonds is 5. The summed E-state index contributed by atoms with van der Waals surface area (Å²) < 4.78 is 12.9. The van der Waals surface area contributed by atoms with Crippen LogP contribution in [0.5, 0.6) is 0 Å². The predicted octanol–water partition coefficient (Wildman–Crippen LogP) is 13.7. The van der Waals surface area contributed by atoms with Crippen molar-refractivity contribution < 1.29 is 8.83 Å². The van der Waals surface area contributed by atoms with Crippen molar-refractivity contribution in [3.63, 3.8) is 0 Å². The molecule has 0 bridgehead atoms. The molecule has 0 saturated heterocycles. The summed E-state index contributed by atoms with van der Waals surface area (Å²) in [5.74, 6) is 0.854. The number of fused-ring (bicyclic) bond motifs is 6. The second-order valence-corrected chi connectivity index (χ2v) is 14.4. The van der Waals surface area contributed by atoms with Gasteiger partial charge in [0.15, 0.2) is 0 Å². The molecule has 3 nitrogen and oxygen atoms in total. The lowest BCUT2D eigenvalue weighted by Gasteiger charge is -2.26. The molecule has 0 spiro atoms. The molecule has 0 N–H and O–H groups in total. The van der Waals surface area contributed by atoms with Crippen molar-refractivity contribution in [1.29, 1.82) is 0 Å². The molecule has 0 saturated carbocycles. The predicted molar refractivity (Wildman–Crippen MR) is 220 cm³/mol. The zero-order valence-corrected chi connectivity index (χ0v) is 29.7. The Morgan fingerprint density at radius 2 is 0.925 bits per heavy atom. The molecule has 10 rings (SSSR count). The summed E-state index contributed by atoms with van der Waals surface area (Å²) in [4.78, 5) is 5.45. The molecule has 0 aliphatic carbocycles. The van der Waals surface area contributed by atoms with Crippen molar-refractivity contribution in [2.75, 3.05) is 0 Å². The number of nitrogens with zero attached hydrogens (tertiary/aromatic N) is 1. The Morgan fingerprint density at radius 1 is 0.415 bits per heavy atom. The first-order chi connectivity index (χ1) is 26.1. The summed E-state index contributed by atoms with van der Waals surface area (Å²) >= 11 is 0. The van der Waals surface area contributed by atoms with E-state index in [4.69, 9.17) is 13.8 Å². The van der Waals surface area contributed by atoms with Crippen molar-refractivity contribution in [3.8, 4) is 22.3 Å².